The van der Waals surface area contributed by atoms with Crippen molar-refractivity contribution in [1.82, 2.24) is 0 Å². The predicted octanol–water partition coefficient (Wildman–Crippen LogP) is 3.19. The van der Waals surface area contributed by atoms with Crippen LogP contribution in [0.2, 0.25) is 5.02 Å². The van der Waals surface area contributed by atoms with E-state index < -0.39 is 5.97 Å². The van der Waals surface area contributed by atoms with E-state index in [9.17, 15) is 9.59 Å². The van der Waals surface area contributed by atoms with Crippen LogP contribution in [0.5, 0.6) is 11.5 Å². The van der Waals surface area contributed by atoms with Crippen LogP contribution in [-0.4, -0.2) is 32.7 Å². The summed E-state index contributed by atoms with van der Waals surface area (Å²) >= 11 is 6.07. The number of anilines is 2. The highest BCUT2D eigenvalue weighted by Gasteiger charge is 2.30. The Morgan fingerprint density at radius 1 is 1.17 bits per heavy atom. The van der Waals surface area contributed by atoms with Crippen LogP contribution < -0.4 is 14.4 Å². The van der Waals surface area contributed by atoms with E-state index in [2.05, 4.69) is 0 Å². The van der Waals surface area contributed by atoms with E-state index in [4.69, 9.17) is 25.8 Å². The third kappa shape index (κ3) is 2.76. The molecule has 124 valence electrons. The number of rotatable bonds is 3. The number of methoxy groups -OCH3 is 2. The summed E-state index contributed by atoms with van der Waals surface area (Å²) in [7, 11) is 2.80. The van der Waals surface area contributed by atoms with Crippen LogP contribution >= 0.6 is 11.6 Å². The molecule has 2 aromatic carbocycles. The summed E-state index contributed by atoms with van der Waals surface area (Å²) in [6.45, 7) is -0.125. The van der Waals surface area contributed by atoms with Crippen LogP contribution in [0.4, 0.5) is 11.4 Å². The molecule has 0 saturated heterocycles. The molecular weight excluding hydrogens is 334 g/mol. The van der Waals surface area contributed by atoms with Gasteiger partial charge in [-0.1, -0.05) is 11.6 Å². The van der Waals surface area contributed by atoms with E-state index in [1.54, 1.807) is 36.4 Å². The quantitative estimate of drug-likeness (QED) is 0.798. The fourth-order valence-electron chi connectivity index (χ4n) is 2.50. The first kappa shape index (κ1) is 16.1. The normalized spacial score (nSPS) is 13.1. The molecule has 7 heteroatoms. The lowest BCUT2D eigenvalue weighted by Gasteiger charge is -2.30. The molecule has 1 aliphatic heterocycles. The lowest BCUT2D eigenvalue weighted by atomic mass is 10.1. The smallest absolute Gasteiger partial charge is 0.337 e. The maximum absolute atomic E-state index is 12.5. The average Bonchev–Trinajstić information content (AvgIpc) is 2.60. The van der Waals surface area contributed by atoms with E-state index in [-0.39, 0.29) is 12.5 Å². The van der Waals surface area contributed by atoms with Gasteiger partial charge in [-0.15, -0.1) is 0 Å². The zero-order valence-corrected chi connectivity index (χ0v) is 13.8. The molecule has 1 heterocycles. The second-order valence-electron chi connectivity index (χ2n) is 5.01. The van der Waals surface area contributed by atoms with Gasteiger partial charge in [0.15, 0.2) is 6.61 Å². The molecule has 2 aromatic rings. The SMILES string of the molecule is COC(=O)c1ccc2c(c1)N(c1cc(Cl)ccc1OC)C(=O)CO2. The Morgan fingerprint density at radius 2 is 1.96 bits per heavy atom. The molecule has 0 aliphatic carbocycles. The van der Waals surface area contributed by atoms with Crippen molar-refractivity contribution < 1.29 is 23.8 Å². The molecule has 0 fully saturated rings. The van der Waals surface area contributed by atoms with Crippen molar-refractivity contribution in [3.05, 3.63) is 47.0 Å². The molecule has 1 aliphatic rings. The number of nitrogens with zero attached hydrogens (tertiary/aromatic N) is 1. The number of fused-ring (bicyclic) bond motifs is 1. The Hall–Kier alpha value is -2.73. The number of hydrogen-bond donors (Lipinski definition) is 0. The molecule has 0 saturated carbocycles. The molecule has 0 unspecified atom stereocenters. The summed E-state index contributed by atoms with van der Waals surface area (Å²) in [6, 6.07) is 9.70. The maximum Gasteiger partial charge on any atom is 0.337 e. The number of halogens is 1. The van der Waals surface area contributed by atoms with Crippen molar-refractivity contribution in [2.45, 2.75) is 0 Å². The molecule has 24 heavy (non-hydrogen) atoms. The highest BCUT2D eigenvalue weighted by atomic mass is 35.5. The highest BCUT2D eigenvalue weighted by Crippen LogP contribution is 2.42. The number of esters is 1. The molecule has 0 bridgehead atoms. The van der Waals surface area contributed by atoms with E-state index in [0.717, 1.165) is 0 Å². The number of carbonyl (C=O) groups is 2. The van der Waals surface area contributed by atoms with Crippen molar-refractivity contribution in [3.63, 3.8) is 0 Å². The van der Waals surface area contributed by atoms with Crippen molar-refractivity contribution in [2.75, 3.05) is 25.7 Å². The van der Waals surface area contributed by atoms with Gasteiger partial charge in [-0.25, -0.2) is 4.79 Å². The molecule has 3 rings (SSSR count). The molecule has 6 nitrogen and oxygen atoms in total. The number of benzene rings is 2. The van der Waals surface area contributed by atoms with Crippen LogP contribution in [0.25, 0.3) is 0 Å². The molecule has 0 aromatic heterocycles. The zero-order valence-electron chi connectivity index (χ0n) is 13.0. The minimum Gasteiger partial charge on any atom is -0.495 e. The average molecular weight is 348 g/mol. The molecule has 0 atom stereocenters. The number of hydrogen-bond acceptors (Lipinski definition) is 5. The Morgan fingerprint density at radius 3 is 2.67 bits per heavy atom. The molecule has 1 amide bonds. The molecule has 0 radical (unpaired) electrons. The summed E-state index contributed by atoms with van der Waals surface area (Å²) < 4.78 is 15.5. The van der Waals surface area contributed by atoms with Gasteiger partial charge in [-0.2, -0.15) is 0 Å². The van der Waals surface area contributed by atoms with Crippen molar-refractivity contribution in [2.24, 2.45) is 0 Å². The summed E-state index contributed by atoms with van der Waals surface area (Å²) in [4.78, 5) is 25.7. The molecular formula is C17H14ClNO5. The lowest BCUT2D eigenvalue weighted by molar-refractivity contribution is -0.120. The van der Waals surface area contributed by atoms with E-state index >= 15 is 0 Å². The Balaban J connectivity index is 2.18. The van der Waals surface area contributed by atoms with Crippen LogP contribution in [0, 0.1) is 0 Å². The van der Waals surface area contributed by atoms with Gasteiger partial charge in [0.1, 0.15) is 11.5 Å². The minimum absolute atomic E-state index is 0.125. The van der Waals surface area contributed by atoms with Gasteiger partial charge in [0, 0.05) is 5.02 Å². The van der Waals surface area contributed by atoms with Crippen molar-refractivity contribution >= 4 is 34.9 Å². The van der Waals surface area contributed by atoms with Crippen LogP contribution in [-0.2, 0) is 9.53 Å². The number of carbonyl (C=O) groups excluding carboxylic acids is 2. The lowest BCUT2D eigenvalue weighted by Crippen LogP contribution is -2.35. The molecule has 0 spiro atoms. The Bertz CT molecular complexity index is 821. The first-order chi connectivity index (χ1) is 11.5. The van der Waals surface area contributed by atoms with E-state index in [1.807, 2.05) is 0 Å². The number of amides is 1. The predicted molar refractivity (Wildman–Crippen MR) is 88.4 cm³/mol. The van der Waals surface area contributed by atoms with E-state index in [0.29, 0.717) is 33.5 Å². The monoisotopic (exact) mass is 347 g/mol. The largest absolute Gasteiger partial charge is 0.495 e. The van der Waals surface area contributed by atoms with Gasteiger partial charge >= 0.3 is 5.97 Å². The second-order valence-corrected chi connectivity index (χ2v) is 5.44. The van der Waals surface area contributed by atoms with Gasteiger partial charge in [-0.05, 0) is 36.4 Å². The third-order valence-corrected chi connectivity index (χ3v) is 3.84. The van der Waals surface area contributed by atoms with Gasteiger partial charge in [0.05, 0.1) is 31.2 Å². The first-order valence-corrected chi connectivity index (χ1v) is 7.44. The fraction of sp³-hybridized carbons (Fsp3) is 0.176. The standard InChI is InChI=1S/C17H14ClNO5/c1-22-14-6-4-11(18)8-13(14)19-12-7-10(17(21)23-2)3-5-15(12)24-9-16(19)20/h3-8H,9H2,1-2H3. The zero-order chi connectivity index (χ0) is 17.3. The van der Waals surface area contributed by atoms with Crippen molar-refractivity contribution in [1.29, 1.82) is 0 Å². The summed E-state index contributed by atoms with van der Waals surface area (Å²) in [5.41, 5.74) is 1.21. The summed E-state index contributed by atoms with van der Waals surface area (Å²) in [5, 5.41) is 0.454. The number of ether oxygens (including phenoxy) is 3. The van der Waals surface area contributed by atoms with Gasteiger partial charge < -0.3 is 14.2 Å². The molecule has 0 N–H and O–H groups in total. The summed E-state index contributed by atoms with van der Waals surface area (Å²) in [5.74, 6) is 0.146. The summed E-state index contributed by atoms with van der Waals surface area (Å²) in [6.07, 6.45) is 0. The van der Waals surface area contributed by atoms with Crippen LogP contribution in [0.1, 0.15) is 10.4 Å². The van der Waals surface area contributed by atoms with Gasteiger partial charge in [0.25, 0.3) is 5.91 Å². The highest BCUT2D eigenvalue weighted by molar-refractivity contribution is 6.31. The first-order valence-electron chi connectivity index (χ1n) is 7.07. The fourth-order valence-corrected chi connectivity index (χ4v) is 2.67. The Labute approximate surface area is 143 Å². The second kappa shape index (κ2) is 6.41. The third-order valence-electron chi connectivity index (χ3n) is 3.60. The van der Waals surface area contributed by atoms with Gasteiger partial charge in [0.2, 0.25) is 0 Å². The minimum atomic E-state index is -0.506. The van der Waals surface area contributed by atoms with Gasteiger partial charge in [-0.3, -0.25) is 9.69 Å². The van der Waals surface area contributed by atoms with E-state index in [1.165, 1.54) is 19.1 Å². The topological polar surface area (TPSA) is 65.1 Å². The van der Waals surface area contributed by atoms with Crippen molar-refractivity contribution in [3.8, 4) is 11.5 Å². The maximum atomic E-state index is 12.5. The van der Waals surface area contributed by atoms with Crippen LogP contribution in [0.15, 0.2) is 36.4 Å². The Kier molecular flexibility index (Phi) is 4.31. The van der Waals surface area contributed by atoms with Crippen LogP contribution in [0.3, 0.4) is 0 Å².